The summed E-state index contributed by atoms with van der Waals surface area (Å²) in [6.07, 6.45) is 0. The maximum absolute atomic E-state index is 5.16. The minimum atomic E-state index is 0.842. The molecular formula is C18H24N2OS. The van der Waals surface area contributed by atoms with E-state index >= 15 is 0 Å². The Kier molecular flexibility index (Phi) is 6.62. The van der Waals surface area contributed by atoms with E-state index in [1.54, 1.807) is 19.1 Å². The van der Waals surface area contributed by atoms with Crippen molar-refractivity contribution in [1.29, 1.82) is 0 Å². The summed E-state index contributed by atoms with van der Waals surface area (Å²) in [5.41, 5.74) is 2.58. The zero-order valence-corrected chi connectivity index (χ0v) is 14.3. The summed E-state index contributed by atoms with van der Waals surface area (Å²) in [5.74, 6) is 0.886. The summed E-state index contributed by atoms with van der Waals surface area (Å²) >= 11 is 1.64. The molecule has 0 unspecified atom stereocenters. The average Bonchev–Trinajstić information content (AvgIpc) is 2.58. The normalized spacial score (nSPS) is 10.5. The van der Waals surface area contributed by atoms with Gasteiger partial charge in [0.25, 0.3) is 0 Å². The van der Waals surface area contributed by atoms with Crippen molar-refractivity contribution in [3.63, 3.8) is 0 Å². The van der Waals surface area contributed by atoms with Gasteiger partial charge >= 0.3 is 0 Å². The largest absolute Gasteiger partial charge is 0.497 e. The molecule has 2 aromatic carbocycles. The topological polar surface area (TPSA) is 24.5 Å². The van der Waals surface area contributed by atoms with Crippen molar-refractivity contribution in [3.8, 4) is 5.75 Å². The van der Waals surface area contributed by atoms with Crippen molar-refractivity contribution in [2.45, 2.75) is 25.3 Å². The third-order valence-electron chi connectivity index (χ3n) is 3.59. The van der Waals surface area contributed by atoms with Gasteiger partial charge in [-0.25, -0.2) is 0 Å². The Morgan fingerprint density at radius 2 is 1.59 bits per heavy atom. The first-order valence-corrected chi connectivity index (χ1v) is 8.46. The van der Waals surface area contributed by atoms with Crippen LogP contribution in [0.2, 0.25) is 0 Å². The molecule has 3 nitrogen and oxygen atoms in total. The second-order valence-electron chi connectivity index (χ2n) is 4.94. The van der Waals surface area contributed by atoms with E-state index in [9.17, 15) is 0 Å². The molecule has 0 saturated heterocycles. The lowest BCUT2D eigenvalue weighted by molar-refractivity contribution is 0.414. The zero-order valence-electron chi connectivity index (χ0n) is 13.5. The van der Waals surface area contributed by atoms with Crippen LogP contribution in [0.5, 0.6) is 5.75 Å². The second-order valence-corrected chi connectivity index (χ2v) is 5.90. The Morgan fingerprint density at radius 3 is 2.14 bits per heavy atom. The van der Waals surface area contributed by atoms with Crippen LogP contribution in [0.1, 0.15) is 19.4 Å². The molecule has 4 heteroatoms. The summed E-state index contributed by atoms with van der Waals surface area (Å²) in [6, 6.07) is 16.8. The summed E-state index contributed by atoms with van der Waals surface area (Å²) in [5, 5.41) is 0. The number of nitrogens with zero attached hydrogens (tertiary/aromatic N) is 1. The summed E-state index contributed by atoms with van der Waals surface area (Å²) in [4.78, 5) is 3.53. The fourth-order valence-electron chi connectivity index (χ4n) is 2.26. The van der Waals surface area contributed by atoms with Crippen LogP contribution in [0.15, 0.2) is 53.4 Å². The van der Waals surface area contributed by atoms with Crippen molar-refractivity contribution in [2.24, 2.45) is 0 Å². The molecule has 0 aliphatic heterocycles. The molecule has 2 rings (SSSR count). The minimum absolute atomic E-state index is 0.842. The first-order chi connectivity index (χ1) is 10.8. The predicted octanol–water partition coefficient (Wildman–Crippen LogP) is 4.34. The van der Waals surface area contributed by atoms with E-state index in [0.29, 0.717) is 0 Å². The Bertz CT molecular complexity index is 550. The molecule has 0 fully saturated rings. The fraction of sp³-hybridized carbons (Fsp3) is 0.333. The monoisotopic (exact) mass is 316 g/mol. The molecule has 1 N–H and O–H groups in total. The van der Waals surface area contributed by atoms with Crippen LogP contribution < -0.4 is 14.4 Å². The van der Waals surface area contributed by atoms with Gasteiger partial charge in [0.15, 0.2) is 0 Å². The molecule has 0 atom stereocenters. The maximum Gasteiger partial charge on any atom is 0.118 e. The SMILES string of the molecule is CCN(CC)c1ccc(CNSc2ccc(OC)cc2)cc1. The fourth-order valence-corrected chi connectivity index (χ4v) is 2.94. The lowest BCUT2D eigenvalue weighted by atomic mass is 10.2. The zero-order chi connectivity index (χ0) is 15.8. The molecule has 2 aromatic rings. The average molecular weight is 316 g/mol. The molecule has 0 bridgehead atoms. The van der Waals surface area contributed by atoms with Gasteiger partial charge in [0.05, 0.1) is 7.11 Å². The molecule has 118 valence electrons. The Morgan fingerprint density at radius 1 is 0.955 bits per heavy atom. The number of anilines is 1. The van der Waals surface area contributed by atoms with Gasteiger partial charge in [0, 0.05) is 30.2 Å². The highest BCUT2D eigenvalue weighted by Crippen LogP contribution is 2.20. The molecular weight excluding hydrogens is 292 g/mol. The van der Waals surface area contributed by atoms with E-state index in [0.717, 1.165) is 25.4 Å². The summed E-state index contributed by atoms with van der Waals surface area (Å²) < 4.78 is 8.55. The van der Waals surface area contributed by atoms with Gasteiger partial charge in [0.1, 0.15) is 5.75 Å². The quantitative estimate of drug-likeness (QED) is 0.732. The van der Waals surface area contributed by atoms with Crippen LogP contribution in [-0.4, -0.2) is 20.2 Å². The lowest BCUT2D eigenvalue weighted by Crippen LogP contribution is -2.21. The molecule has 0 spiro atoms. The lowest BCUT2D eigenvalue weighted by Gasteiger charge is -2.21. The van der Waals surface area contributed by atoms with Crippen LogP contribution in [0.3, 0.4) is 0 Å². The number of methoxy groups -OCH3 is 1. The predicted molar refractivity (Wildman–Crippen MR) is 95.7 cm³/mol. The molecule has 0 aliphatic rings. The Balaban J connectivity index is 1.83. The van der Waals surface area contributed by atoms with Gasteiger partial charge < -0.3 is 9.64 Å². The van der Waals surface area contributed by atoms with E-state index in [-0.39, 0.29) is 0 Å². The van der Waals surface area contributed by atoms with Crippen LogP contribution in [0.25, 0.3) is 0 Å². The third-order valence-corrected chi connectivity index (χ3v) is 4.39. The van der Waals surface area contributed by atoms with Crippen LogP contribution in [0, 0.1) is 0 Å². The Hall–Kier alpha value is -1.65. The number of benzene rings is 2. The van der Waals surface area contributed by atoms with Crippen LogP contribution in [0.4, 0.5) is 5.69 Å². The number of ether oxygens (including phenoxy) is 1. The van der Waals surface area contributed by atoms with Gasteiger partial charge in [-0.05, 0) is 67.8 Å². The number of hydrogen-bond acceptors (Lipinski definition) is 4. The van der Waals surface area contributed by atoms with Crippen molar-refractivity contribution in [3.05, 3.63) is 54.1 Å². The van der Waals surface area contributed by atoms with E-state index in [4.69, 9.17) is 4.74 Å². The maximum atomic E-state index is 5.16. The van der Waals surface area contributed by atoms with Gasteiger partial charge in [-0.2, -0.15) is 0 Å². The smallest absolute Gasteiger partial charge is 0.118 e. The first-order valence-electron chi connectivity index (χ1n) is 7.64. The molecule has 0 radical (unpaired) electrons. The standard InChI is InChI=1S/C18H24N2OS/c1-4-20(5-2)16-8-6-15(7-9-16)14-19-22-18-12-10-17(21-3)11-13-18/h6-13,19H,4-5,14H2,1-3H3. The number of nitrogens with one attached hydrogen (secondary N) is 1. The highest BCUT2D eigenvalue weighted by molar-refractivity contribution is 7.97. The highest BCUT2D eigenvalue weighted by atomic mass is 32.2. The second kappa shape index (κ2) is 8.71. The van der Waals surface area contributed by atoms with Gasteiger partial charge in [0.2, 0.25) is 0 Å². The minimum Gasteiger partial charge on any atom is -0.497 e. The first kappa shape index (κ1) is 16.7. The molecule has 22 heavy (non-hydrogen) atoms. The third kappa shape index (κ3) is 4.68. The van der Waals surface area contributed by atoms with E-state index in [1.807, 2.05) is 12.1 Å². The van der Waals surface area contributed by atoms with Crippen molar-refractivity contribution >= 4 is 17.6 Å². The summed E-state index contributed by atoms with van der Waals surface area (Å²) in [6.45, 7) is 7.30. The van der Waals surface area contributed by atoms with Gasteiger partial charge in [-0.3, -0.25) is 4.72 Å². The molecule has 0 amide bonds. The van der Waals surface area contributed by atoms with Crippen molar-refractivity contribution < 1.29 is 4.74 Å². The molecule has 0 saturated carbocycles. The van der Waals surface area contributed by atoms with Gasteiger partial charge in [-0.1, -0.05) is 12.1 Å². The van der Waals surface area contributed by atoms with Gasteiger partial charge in [-0.15, -0.1) is 0 Å². The number of rotatable bonds is 8. The highest BCUT2D eigenvalue weighted by Gasteiger charge is 2.01. The van der Waals surface area contributed by atoms with E-state index < -0.39 is 0 Å². The van der Waals surface area contributed by atoms with E-state index in [1.165, 1.54) is 16.1 Å². The Labute approximate surface area is 137 Å². The van der Waals surface area contributed by atoms with Crippen molar-refractivity contribution in [2.75, 3.05) is 25.1 Å². The van der Waals surface area contributed by atoms with Crippen molar-refractivity contribution in [1.82, 2.24) is 4.72 Å². The number of hydrogen-bond donors (Lipinski definition) is 1. The van der Waals surface area contributed by atoms with Crippen LogP contribution in [-0.2, 0) is 6.54 Å². The molecule has 0 aromatic heterocycles. The summed E-state index contributed by atoms with van der Waals surface area (Å²) in [7, 11) is 1.68. The van der Waals surface area contributed by atoms with Crippen LogP contribution >= 0.6 is 11.9 Å². The molecule has 0 aliphatic carbocycles. The van der Waals surface area contributed by atoms with E-state index in [2.05, 4.69) is 59.9 Å². The molecule has 0 heterocycles.